The van der Waals surface area contributed by atoms with Gasteiger partial charge in [-0.2, -0.15) is 0 Å². The van der Waals surface area contributed by atoms with Crippen LogP contribution in [0.25, 0.3) is 0 Å². The van der Waals surface area contributed by atoms with Gasteiger partial charge in [0.15, 0.2) is 0 Å². The zero-order chi connectivity index (χ0) is 16.4. The van der Waals surface area contributed by atoms with E-state index in [4.69, 9.17) is 4.52 Å². The van der Waals surface area contributed by atoms with Crippen LogP contribution in [0.3, 0.4) is 0 Å². The van der Waals surface area contributed by atoms with E-state index in [1.54, 1.807) is 31.2 Å². The van der Waals surface area contributed by atoms with Gasteiger partial charge in [0.25, 0.3) is 0 Å². The van der Waals surface area contributed by atoms with Crippen LogP contribution in [0, 0.1) is 19.8 Å². The smallest absolute Gasteiger partial charge is 0.228 e. The monoisotopic (exact) mass is 313 g/mol. The second-order valence-electron chi connectivity index (χ2n) is 5.87. The van der Waals surface area contributed by atoms with Gasteiger partial charge >= 0.3 is 0 Å². The summed E-state index contributed by atoms with van der Waals surface area (Å²) in [5.74, 6) is 0.773. The van der Waals surface area contributed by atoms with Crippen molar-refractivity contribution in [1.82, 2.24) is 5.16 Å². The Bertz CT molecular complexity index is 711. The minimum atomic E-state index is -0.130. The lowest BCUT2D eigenvalue weighted by Gasteiger charge is -2.07. The molecule has 0 unspecified atom stereocenters. The van der Waals surface area contributed by atoms with Crippen molar-refractivity contribution < 1.29 is 14.1 Å². The van der Waals surface area contributed by atoms with Crippen LogP contribution in [0.5, 0.6) is 0 Å². The van der Waals surface area contributed by atoms with Crippen molar-refractivity contribution in [2.24, 2.45) is 5.92 Å². The van der Waals surface area contributed by atoms with Gasteiger partial charge < -0.3 is 15.2 Å². The third kappa shape index (κ3) is 3.77. The number of carbonyl (C=O) groups excluding carboxylic acids is 2. The lowest BCUT2D eigenvalue weighted by Crippen LogP contribution is -2.15. The number of nitrogens with one attached hydrogen (secondary N) is 2. The van der Waals surface area contributed by atoms with E-state index in [9.17, 15) is 9.59 Å². The first-order valence-corrected chi connectivity index (χ1v) is 7.65. The normalized spacial score (nSPS) is 13.7. The molecule has 1 saturated carbocycles. The summed E-state index contributed by atoms with van der Waals surface area (Å²) < 4.78 is 5.05. The molecule has 3 rings (SSSR count). The molecule has 1 aliphatic carbocycles. The molecular formula is C17H19N3O3. The number of anilines is 2. The number of amides is 2. The first kappa shape index (κ1) is 15.3. The second-order valence-corrected chi connectivity index (χ2v) is 5.87. The van der Waals surface area contributed by atoms with Gasteiger partial charge in [0.2, 0.25) is 11.8 Å². The van der Waals surface area contributed by atoms with Crippen LogP contribution < -0.4 is 10.6 Å². The van der Waals surface area contributed by atoms with Crippen LogP contribution in [0.15, 0.2) is 28.8 Å². The van der Waals surface area contributed by atoms with Crippen molar-refractivity contribution in [2.45, 2.75) is 33.1 Å². The Hall–Kier alpha value is -2.63. The highest BCUT2D eigenvalue weighted by molar-refractivity contribution is 5.95. The Morgan fingerprint density at radius 1 is 1.13 bits per heavy atom. The highest BCUT2D eigenvalue weighted by Gasteiger charge is 2.29. The minimum absolute atomic E-state index is 0.0696. The molecule has 0 aliphatic heterocycles. The van der Waals surface area contributed by atoms with Crippen molar-refractivity contribution in [2.75, 3.05) is 10.6 Å². The first-order chi connectivity index (χ1) is 11.0. The molecule has 6 nitrogen and oxygen atoms in total. The summed E-state index contributed by atoms with van der Waals surface area (Å²) in [6, 6.07) is 7.11. The Morgan fingerprint density at radius 3 is 2.26 bits per heavy atom. The van der Waals surface area contributed by atoms with E-state index in [2.05, 4.69) is 15.8 Å². The summed E-state index contributed by atoms with van der Waals surface area (Å²) in [7, 11) is 0. The zero-order valence-corrected chi connectivity index (χ0v) is 13.2. The first-order valence-electron chi connectivity index (χ1n) is 7.65. The number of aryl methyl sites for hydroxylation is 2. The summed E-state index contributed by atoms with van der Waals surface area (Å²) in [6.07, 6.45) is 2.17. The van der Waals surface area contributed by atoms with E-state index in [0.717, 1.165) is 29.8 Å². The summed E-state index contributed by atoms with van der Waals surface area (Å²) in [5, 5.41) is 9.53. The SMILES string of the molecule is Cc1noc(C)c1CC(=O)Nc1ccc(NC(=O)C2CC2)cc1. The summed E-state index contributed by atoms with van der Waals surface area (Å²) in [6.45, 7) is 3.61. The van der Waals surface area contributed by atoms with Gasteiger partial charge in [-0.05, 0) is 51.0 Å². The van der Waals surface area contributed by atoms with E-state index in [-0.39, 0.29) is 24.2 Å². The van der Waals surface area contributed by atoms with Gasteiger partial charge in [-0.1, -0.05) is 5.16 Å². The summed E-state index contributed by atoms with van der Waals surface area (Å²) in [4.78, 5) is 23.8. The van der Waals surface area contributed by atoms with Gasteiger partial charge in [0, 0.05) is 22.9 Å². The van der Waals surface area contributed by atoms with Crippen molar-refractivity contribution in [3.8, 4) is 0 Å². The number of nitrogens with zero attached hydrogens (tertiary/aromatic N) is 1. The van der Waals surface area contributed by atoms with Crippen LogP contribution in [-0.2, 0) is 16.0 Å². The van der Waals surface area contributed by atoms with E-state index in [1.165, 1.54) is 0 Å². The molecule has 1 aliphatic rings. The van der Waals surface area contributed by atoms with Crippen LogP contribution in [-0.4, -0.2) is 17.0 Å². The molecule has 0 saturated heterocycles. The molecule has 0 spiro atoms. The maximum atomic E-state index is 12.1. The Labute approximate surface area is 134 Å². The average molecular weight is 313 g/mol. The molecule has 1 aromatic carbocycles. The van der Waals surface area contributed by atoms with Crippen LogP contribution in [0.1, 0.15) is 29.9 Å². The fraction of sp³-hybridized carbons (Fsp3) is 0.353. The van der Waals surface area contributed by atoms with E-state index >= 15 is 0 Å². The number of hydrogen-bond donors (Lipinski definition) is 2. The molecule has 1 heterocycles. The van der Waals surface area contributed by atoms with Gasteiger partial charge in [0.1, 0.15) is 5.76 Å². The van der Waals surface area contributed by atoms with Crippen molar-refractivity contribution in [3.63, 3.8) is 0 Å². The van der Waals surface area contributed by atoms with Gasteiger partial charge in [-0.3, -0.25) is 9.59 Å². The van der Waals surface area contributed by atoms with Gasteiger partial charge in [-0.15, -0.1) is 0 Å². The van der Waals surface area contributed by atoms with Gasteiger partial charge in [-0.25, -0.2) is 0 Å². The van der Waals surface area contributed by atoms with Crippen LogP contribution >= 0.6 is 0 Å². The maximum Gasteiger partial charge on any atom is 0.228 e. The Balaban J connectivity index is 1.57. The van der Waals surface area contributed by atoms with E-state index < -0.39 is 0 Å². The number of rotatable bonds is 5. The van der Waals surface area contributed by atoms with E-state index in [1.807, 2.05) is 6.92 Å². The summed E-state index contributed by atoms with van der Waals surface area (Å²) in [5.41, 5.74) is 2.98. The van der Waals surface area contributed by atoms with Crippen LogP contribution in [0.4, 0.5) is 11.4 Å². The van der Waals surface area contributed by atoms with Crippen molar-refractivity contribution in [3.05, 3.63) is 41.3 Å². The number of carbonyl (C=O) groups is 2. The number of hydrogen-bond acceptors (Lipinski definition) is 4. The lowest BCUT2D eigenvalue weighted by molar-refractivity contribution is -0.117. The molecule has 0 radical (unpaired) electrons. The fourth-order valence-electron chi connectivity index (χ4n) is 2.35. The minimum Gasteiger partial charge on any atom is -0.361 e. The van der Waals surface area contributed by atoms with Crippen molar-refractivity contribution >= 4 is 23.2 Å². The average Bonchev–Trinajstić information content (AvgIpc) is 3.32. The fourth-order valence-corrected chi connectivity index (χ4v) is 2.35. The molecule has 2 amide bonds. The molecule has 120 valence electrons. The topological polar surface area (TPSA) is 84.2 Å². The predicted molar refractivity (Wildman–Crippen MR) is 86.1 cm³/mol. The number of benzene rings is 1. The summed E-state index contributed by atoms with van der Waals surface area (Å²) >= 11 is 0. The highest BCUT2D eigenvalue weighted by atomic mass is 16.5. The molecule has 2 aromatic rings. The Morgan fingerprint density at radius 2 is 1.74 bits per heavy atom. The molecule has 1 fully saturated rings. The van der Waals surface area contributed by atoms with E-state index in [0.29, 0.717) is 11.4 Å². The van der Waals surface area contributed by atoms with Crippen LogP contribution in [0.2, 0.25) is 0 Å². The maximum absolute atomic E-state index is 12.1. The third-order valence-corrected chi connectivity index (χ3v) is 3.90. The molecule has 23 heavy (non-hydrogen) atoms. The quantitative estimate of drug-likeness (QED) is 0.889. The molecule has 0 atom stereocenters. The highest BCUT2D eigenvalue weighted by Crippen LogP contribution is 2.30. The number of aromatic nitrogens is 1. The largest absolute Gasteiger partial charge is 0.361 e. The molecule has 6 heteroatoms. The standard InChI is InChI=1S/C17H19N3O3/c1-10-15(11(2)23-20-10)9-16(21)18-13-5-7-14(8-6-13)19-17(22)12-3-4-12/h5-8,12H,3-4,9H2,1-2H3,(H,18,21)(H,19,22). The molecule has 2 N–H and O–H groups in total. The zero-order valence-electron chi connectivity index (χ0n) is 13.2. The Kier molecular flexibility index (Phi) is 4.14. The third-order valence-electron chi connectivity index (χ3n) is 3.90. The molecule has 1 aromatic heterocycles. The van der Waals surface area contributed by atoms with Gasteiger partial charge in [0.05, 0.1) is 12.1 Å². The van der Waals surface area contributed by atoms with Crippen molar-refractivity contribution in [1.29, 1.82) is 0 Å². The molecular weight excluding hydrogens is 294 g/mol. The second kappa shape index (κ2) is 6.24. The predicted octanol–water partition coefficient (Wildman–Crippen LogP) is 2.82. The molecule has 0 bridgehead atoms. The lowest BCUT2D eigenvalue weighted by atomic mass is 10.1.